The van der Waals surface area contributed by atoms with E-state index in [1.54, 1.807) is 6.07 Å². The molecule has 0 fully saturated rings. The molecular weight excluding hydrogens is 309 g/mol. The molecular formula is C15H15BrFNO. The topological polar surface area (TPSA) is 35.2 Å². The van der Waals surface area contributed by atoms with Gasteiger partial charge in [0.05, 0.1) is 0 Å². The highest BCUT2D eigenvalue weighted by Gasteiger charge is 2.09. The van der Waals surface area contributed by atoms with E-state index >= 15 is 0 Å². The molecule has 0 saturated carbocycles. The van der Waals surface area contributed by atoms with Crippen molar-refractivity contribution in [2.45, 2.75) is 19.6 Å². The average Bonchev–Trinajstić information content (AvgIpc) is 2.36. The Balaban J connectivity index is 2.17. The minimum absolute atomic E-state index is 0.196. The summed E-state index contributed by atoms with van der Waals surface area (Å²) in [5.74, 6) is 0.170. The van der Waals surface area contributed by atoms with Crippen LogP contribution in [0.3, 0.4) is 0 Å². The van der Waals surface area contributed by atoms with Crippen molar-refractivity contribution in [1.82, 2.24) is 0 Å². The van der Waals surface area contributed by atoms with Crippen LogP contribution in [0.2, 0.25) is 0 Å². The quantitative estimate of drug-likeness (QED) is 0.915. The van der Waals surface area contributed by atoms with E-state index < -0.39 is 0 Å². The zero-order valence-corrected chi connectivity index (χ0v) is 12.2. The fourth-order valence-corrected chi connectivity index (χ4v) is 2.24. The van der Waals surface area contributed by atoms with Gasteiger partial charge in [-0.1, -0.05) is 34.1 Å². The number of hydrogen-bond acceptors (Lipinski definition) is 2. The van der Waals surface area contributed by atoms with Gasteiger partial charge in [-0.3, -0.25) is 0 Å². The van der Waals surface area contributed by atoms with Gasteiger partial charge in [-0.15, -0.1) is 0 Å². The normalized spacial score (nSPS) is 12.2. The van der Waals surface area contributed by atoms with Crippen molar-refractivity contribution in [2.75, 3.05) is 0 Å². The summed E-state index contributed by atoms with van der Waals surface area (Å²) in [5, 5.41) is 0. The van der Waals surface area contributed by atoms with E-state index in [0.29, 0.717) is 12.4 Å². The summed E-state index contributed by atoms with van der Waals surface area (Å²) < 4.78 is 19.9. The van der Waals surface area contributed by atoms with Gasteiger partial charge in [0, 0.05) is 22.1 Å². The van der Waals surface area contributed by atoms with Gasteiger partial charge in [0.15, 0.2) is 0 Å². The van der Waals surface area contributed by atoms with Crippen molar-refractivity contribution in [3.8, 4) is 5.75 Å². The highest BCUT2D eigenvalue weighted by molar-refractivity contribution is 9.10. The molecule has 0 aromatic heterocycles. The molecule has 2 rings (SSSR count). The van der Waals surface area contributed by atoms with Crippen LogP contribution in [0.4, 0.5) is 4.39 Å². The van der Waals surface area contributed by atoms with Gasteiger partial charge < -0.3 is 10.5 Å². The smallest absolute Gasteiger partial charge is 0.127 e. The summed E-state index contributed by atoms with van der Waals surface area (Å²) >= 11 is 3.40. The lowest BCUT2D eigenvalue weighted by Crippen LogP contribution is -2.08. The predicted molar refractivity (Wildman–Crippen MR) is 77.5 cm³/mol. The molecule has 0 amide bonds. The zero-order chi connectivity index (χ0) is 13.8. The third-order valence-electron chi connectivity index (χ3n) is 2.75. The van der Waals surface area contributed by atoms with E-state index in [0.717, 1.165) is 15.6 Å². The third-order valence-corrected chi connectivity index (χ3v) is 3.24. The molecule has 0 heterocycles. The van der Waals surface area contributed by atoms with E-state index in [1.165, 1.54) is 12.1 Å². The van der Waals surface area contributed by atoms with Gasteiger partial charge in [0.2, 0.25) is 0 Å². The summed E-state index contributed by atoms with van der Waals surface area (Å²) in [5.41, 5.74) is 7.66. The molecule has 2 nitrogen and oxygen atoms in total. The first-order valence-corrected chi connectivity index (χ1v) is 6.78. The summed E-state index contributed by atoms with van der Waals surface area (Å²) in [4.78, 5) is 0. The van der Waals surface area contributed by atoms with E-state index in [9.17, 15) is 4.39 Å². The van der Waals surface area contributed by atoms with Crippen molar-refractivity contribution in [1.29, 1.82) is 0 Å². The fourth-order valence-electron chi connectivity index (χ4n) is 1.80. The van der Waals surface area contributed by atoms with Gasteiger partial charge in [-0.05, 0) is 30.7 Å². The minimum Gasteiger partial charge on any atom is -0.488 e. The SMILES string of the molecule is C[C@H](N)c1ccc(F)cc1OCc1cccc(Br)c1. The number of hydrogen-bond donors (Lipinski definition) is 1. The Labute approximate surface area is 120 Å². The molecule has 0 unspecified atom stereocenters. The van der Waals surface area contributed by atoms with Gasteiger partial charge in [0.25, 0.3) is 0 Å². The number of benzene rings is 2. The molecule has 0 aliphatic heterocycles. The van der Waals surface area contributed by atoms with E-state index in [4.69, 9.17) is 10.5 Å². The highest BCUT2D eigenvalue weighted by Crippen LogP contribution is 2.26. The largest absolute Gasteiger partial charge is 0.488 e. The summed E-state index contributed by atoms with van der Waals surface area (Å²) in [6.07, 6.45) is 0. The van der Waals surface area contributed by atoms with Crippen LogP contribution in [0.15, 0.2) is 46.9 Å². The number of halogens is 2. The maximum Gasteiger partial charge on any atom is 0.127 e. The first-order valence-electron chi connectivity index (χ1n) is 5.98. The Morgan fingerprint density at radius 2 is 2.05 bits per heavy atom. The number of rotatable bonds is 4. The molecule has 0 aliphatic carbocycles. The fraction of sp³-hybridized carbons (Fsp3) is 0.200. The molecule has 100 valence electrons. The summed E-state index contributed by atoms with van der Waals surface area (Å²) in [7, 11) is 0. The molecule has 0 saturated heterocycles. The van der Waals surface area contributed by atoms with Crippen LogP contribution in [-0.4, -0.2) is 0 Å². The Morgan fingerprint density at radius 1 is 1.26 bits per heavy atom. The Morgan fingerprint density at radius 3 is 2.74 bits per heavy atom. The monoisotopic (exact) mass is 323 g/mol. The van der Waals surface area contributed by atoms with Crippen LogP contribution < -0.4 is 10.5 Å². The van der Waals surface area contributed by atoms with Crippen molar-refractivity contribution in [3.63, 3.8) is 0 Å². The molecule has 19 heavy (non-hydrogen) atoms. The van der Waals surface area contributed by atoms with Crippen LogP contribution in [0.25, 0.3) is 0 Å². The lowest BCUT2D eigenvalue weighted by atomic mass is 10.1. The third kappa shape index (κ3) is 3.78. The summed E-state index contributed by atoms with van der Waals surface area (Å²) in [6, 6.07) is 12.0. The molecule has 4 heteroatoms. The first kappa shape index (κ1) is 14.0. The van der Waals surface area contributed by atoms with Crippen molar-refractivity contribution in [2.24, 2.45) is 5.73 Å². The molecule has 2 aromatic carbocycles. The molecule has 0 radical (unpaired) electrons. The predicted octanol–water partition coefficient (Wildman–Crippen LogP) is 4.19. The standard InChI is InChI=1S/C15H15BrFNO/c1-10(18)14-6-5-13(17)8-15(14)19-9-11-3-2-4-12(16)7-11/h2-8,10H,9,18H2,1H3/t10-/m0/s1. The van der Waals surface area contributed by atoms with Crippen molar-refractivity contribution in [3.05, 3.63) is 63.9 Å². The lowest BCUT2D eigenvalue weighted by molar-refractivity contribution is 0.299. The Kier molecular flexibility index (Phi) is 4.56. The van der Waals surface area contributed by atoms with Gasteiger partial charge in [-0.25, -0.2) is 4.39 Å². The van der Waals surface area contributed by atoms with Crippen molar-refractivity contribution < 1.29 is 9.13 Å². The van der Waals surface area contributed by atoms with Crippen LogP contribution in [0.5, 0.6) is 5.75 Å². The molecule has 0 bridgehead atoms. The molecule has 0 spiro atoms. The number of nitrogens with two attached hydrogens (primary N) is 1. The van der Waals surface area contributed by atoms with Gasteiger partial charge in [-0.2, -0.15) is 0 Å². The Bertz CT molecular complexity index is 572. The van der Waals surface area contributed by atoms with Crippen LogP contribution in [0, 0.1) is 5.82 Å². The second kappa shape index (κ2) is 6.17. The summed E-state index contributed by atoms with van der Waals surface area (Å²) in [6.45, 7) is 2.22. The first-order chi connectivity index (χ1) is 9.06. The van der Waals surface area contributed by atoms with Crippen LogP contribution >= 0.6 is 15.9 Å². The van der Waals surface area contributed by atoms with Crippen LogP contribution in [0.1, 0.15) is 24.1 Å². The average molecular weight is 324 g/mol. The number of ether oxygens (including phenoxy) is 1. The second-order valence-corrected chi connectivity index (χ2v) is 5.31. The van der Waals surface area contributed by atoms with E-state index in [1.807, 2.05) is 31.2 Å². The molecule has 0 aliphatic rings. The van der Waals surface area contributed by atoms with Gasteiger partial charge >= 0.3 is 0 Å². The van der Waals surface area contributed by atoms with Crippen LogP contribution in [-0.2, 0) is 6.61 Å². The minimum atomic E-state index is -0.325. The van der Waals surface area contributed by atoms with Crippen molar-refractivity contribution >= 4 is 15.9 Å². The molecule has 2 N–H and O–H groups in total. The second-order valence-electron chi connectivity index (χ2n) is 4.39. The van der Waals surface area contributed by atoms with E-state index in [2.05, 4.69) is 15.9 Å². The Hall–Kier alpha value is -1.39. The molecule has 2 aromatic rings. The van der Waals surface area contributed by atoms with Gasteiger partial charge in [0.1, 0.15) is 18.2 Å². The molecule has 1 atom stereocenters. The van der Waals surface area contributed by atoms with E-state index in [-0.39, 0.29) is 11.9 Å². The maximum absolute atomic E-state index is 13.3. The zero-order valence-electron chi connectivity index (χ0n) is 10.6. The highest BCUT2D eigenvalue weighted by atomic mass is 79.9. The lowest BCUT2D eigenvalue weighted by Gasteiger charge is -2.14. The maximum atomic E-state index is 13.3.